The lowest BCUT2D eigenvalue weighted by atomic mass is 10.2. The maximum Gasteiger partial charge on any atom is 0.275 e. The van der Waals surface area contributed by atoms with Gasteiger partial charge >= 0.3 is 0 Å². The Labute approximate surface area is 163 Å². The standard InChI is InChI=1S/C18H18Br2N2O3/c1-11(2)25-16-6-4-13(19)8-12(16)10-21-22-18(23)15-9-14(20)5-7-17(15)24-3/h4-11H,1-3H3,(H,22,23)/b21-10-. The van der Waals surface area contributed by atoms with Crippen molar-refractivity contribution in [3.8, 4) is 11.5 Å². The third-order valence-electron chi connectivity index (χ3n) is 3.11. The molecule has 0 bridgehead atoms. The molecule has 0 heterocycles. The number of carbonyl (C=O) groups excluding carboxylic acids is 1. The number of nitrogens with zero attached hydrogens (tertiary/aromatic N) is 1. The molecule has 25 heavy (non-hydrogen) atoms. The van der Waals surface area contributed by atoms with Gasteiger partial charge in [-0.25, -0.2) is 5.43 Å². The summed E-state index contributed by atoms with van der Waals surface area (Å²) in [6, 6.07) is 10.8. The van der Waals surface area contributed by atoms with Crippen molar-refractivity contribution in [2.75, 3.05) is 7.11 Å². The average molecular weight is 470 g/mol. The Morgan fingerprint density at radius 3 is 2.40 bits per heavy atom. The van der Waals surface area contributed by atoms with Gasteiger partial charge in [0.15, 0.2) is 0 Å². The van der Waals surface area contributed by atoms with E-state index in [1.807, 2.05) is 32.0 Å². The van der Waals surface area contributed by atoms with Crippen molar-refractivity contribution >= 4 is 44.0 Å². The first-order valence-electron chi connectivity index (χ1n) is 7.54. The van der Waals surface area contributed by atoms with Gasteiger partial charge < -0.3 is 9.47 Å². The van der Waals surface area contributed by atoms with Crippen LogP contribution in [-0.2, 0) is 0 Å². The Kier molecular flexibility index (Phi) is 7.01. The Bertz CT molecular complexity index is 792. The molecule has 0 aromatic heterocycles. The Morgan fingerprint density at radius 1 is 1.12 bits per heavy atom. The molecule has 0 atom stereocenters. The number of rotatable bonds is 6. The zero-order valence-electron chi connectivity index (χ0n) is 14.0. The van der Waals surface area contributed by atoms with Crippen LogP contribution in [0, 0.1) is 0 Å². The SMILES string of the molecule is COc1ccc(Br)cc1C(=O)N/N=C\c1cc(Br)ccc1OC(C)C. The summed E-state index contributed by atoms with van der Waals surface area (Å²) < 4.78 is 12.6. The summed E-state index contributed by atoms with van der Waals surface area (Å²) in [5.41, 5.74) is 3.65. The van der Waals surface area contributed by atoms with E-state index in [0.717, 1.165) is 14.5 Å². The van der Waals surface area contributed by atoms with Crippen molar-refractivity contribution in [3.63, 3.8) is 0 Å². The van der Waals surface area contributed by atoms with Crippen LogP contribution in [0.5, 0.6) is 11.5 Å². The van der Waals surface area contributed by atoms with Crippen LogP contribution in [0.4, 0.5) is 0 Å². The van der Waals surface area contributed by atoms with Crippen molar-refractivity contribution in [2.45, 2.75) is 20.0 Å². The molecular weight excluding hydrogens is 452 g/mol. The predicted octanol–water partition coefficient (Wildman–Crippen LogP) is 4.77. The molecule has 0 saturated carbocycles. The van der Waals surface area contributed by atoms with E-state index < -0.39 is 0 Å². The number of methoxy groups -OCH3 is 1. The lowest BCUT2D eigenvalue weighted by Crippen LogP contribution is -2.18. The molecule has 0 aliphatic heterocycles. The summed E-state index contributed by atoms with van der Waals surface area (Å²) in [6.45, 7) is 3.90. The van der Waals surface area contributed by atoms with Gasteiger partial charge in [0.1, 0.15) is 11.5 Å². The van der Waals surface area contributed by atoms with Gasteiger partial charge in [0.25, 0.3) is 5.91 Å². The third kappa shape index (κ3) is 5.57. The van der Waals surface area contributed by atoms with Crippen LogP contribution in [0.15, 0.2) is 50.4 Å². The van der Waals surface area contributed by atoms with Gasteiger partial charge in [0, 0.05) is 14.5 Å². The van der Waals surface area contributed by atoms with Crippen LogP contribution >= 0.6 is 31.9 Å². The molecular formula is C18H18Br2N2O3. The lowest BCUT2D eigenvalue weighted by molar-refractivity contribution is 0.0952. The maximum atomic E-state index is 12.3. The van der Waals surface area contributed by atoms with Gasteiger partial charge in [-0.3, -0.25) is 4.79 Å². The van der Waals surface area contributed by atoms with Crippen LogP contribution < -0.4 is 14.9 Å². The number of benzene rings is 2. The highest BCUT2D eigenvalue weighted by molar-refractivity contribution is 9.10. The summed E-state index contributed by atoms with van der Waals surface area (Å²) in [4.78, 5) is 12.3. The molecule has 1 N–H and O–H groups in total. The second kappa shape index (κ2) is 9.01. The van der Waals surface area contributed by atoms with Crippen molar-refractivity contribution in [1.29, 1.82) is 0 Å². The zero-order valence-corrected chi connectivity index (χ0v) is 17.2. The molecule has 5 nitrogen and oxygen atoms in total. The van der Waals surface area contributed by atoms with Gasteiger partial charge in [0.2, 0.25) is 0 Å². The van der Waals surface area contributed by atoms with E-state index in [2.05, 4.69) is 42.4 Å². The number of carbonyl (C=O) groups is 1. The molecule has 1 amide bonds. The van der Waals surface area contributed by atoms with E-state index in [9.17, 15) is 4.79 Å². The summed E-state index contributed by atoms with van der Waals surface area (Å²) in [5.74, 6) is 0.800. The van der Waals surface area contributed by atoms with E-state index >= 15 is 0 Å². The monoisotopic (exact) mass is 468 g/mol. The van der Waals surface area contributed by atoms with Gasteiger partial charge in [-0.15, -0.1) is 0 Å². The predicted molar refractivity (Wildman–Crippen MR) is 106 cm³/mol. The molecule has 0 aliphatic carbocycles. The maximum absolute atomic E-state index is 12.3. The highest BCUT2D eigenvalue weighted by atomic mass is 79.9. The fourth-order valence-corrected chi connectivity index (χ4v) is 2.80. The fraction of sp³-hybridized carbons (Fsp3) is 0.222. The first-order chi connectivity index (χ1) is 11.9. The van der Waals surface area contributed by atoms with Gasteiger partial charge in [-0.1, -0.05) is 31.9 Å². The number of hydrogen-bond acceptors (Lipinski definition) is 4. The van der Waals surface area contributed by atoms with E-state index in [1.165, 1.54) is 7.11 Å². The second-order valence-corrected chi connectivity index (χ2v) is 7.22. The molecule has 7 heteroatoms. The molecule has 0 saturated heterocycles. The molecule has 0 spiro atoms. The fourth-order valence-electron chi connectivity index (χ4n) is 2.06. The number of halogens is 2. The lowest BCUT2D eigenvalue weighted by Gasteiger charge is -2.12. The highest BCUT2D eigenvalue weighted by Gasteiger charge is 2.12. The summed E-state index contributed by atoms with van der Waals surface area (Å²) in [5, 5.41) is 4.04. The molecule has 0 fully saturated rings. The van der Waals surface area contributed by atoms with Crippen molar-refractivity contribution < 1.29 is 14.3 Å². The molecule has 2 aromatic carbocycles. The Balaban J connectivity index is 2.17. The number of hydrazone groups is 1. The van der Waals surface area contributed by atoms with E-state index in [0.29, 0.717) is 17.1 Å². The number of amides is 1. The molecule has 0 radical (unpaired) electrons. The van der Waals surface area contributed by atoms with Crippen LogP contribution in [-0.4, -0.2) is 25.3 Å². The minimum Gasteiger partial charge on any atom is -0.496 e. The van der Waals surface area contributed by atoms with Crippen molar-refractivity contribution in [2.24, 2.45) is 5.10 Å². The zero-order chi connectivity index (χ0) is 18.4. The first-order valence-corrected chi connectivity index (χ1v) is 9.12. The molecule has 0 unspecified atom stereocenters. The summed E-state index contributed by atoms with van der Waals surface area (Å²) in [7, 11) is 1.51. The number of hydrogen-bond donors (Lipinski definition) is 1. The van der Waals surface area contributed by atoms with Crippen LogP contribution in [0.1, 0.15) is 29.8 Å². The van der Waals surface area contributed by atoms with E-state index in [-0.39, 0.29) is 12.0 Å². The van der Waals surface area contributed by atoms with E-state index in [4.69, 9.17) is 9.47 Å². The van der Waals surface area contributed by atoms with Gasteiger partial charge in [0.05, 0.1) is 25.0 Å². The molecule has 0 aliphatic rings. The number of ether oxygens (including phenoxy) is 2. The van der Waals surface area contributed by atoms with Crippen LogP contribution in [0.25, 0.3) is 0 Å². The van der Waals surface area contributed by atoms with Crippen LogP contribution in [0.3, 0.4) is 0 Å². The van der Waals surface area contributed by atoms with Gasteiger partial charge in [-0.05, 0) is 50.2 Å². The topological polar surface area (TPSA) is 59.9 Å². The summed E-state index contributed by atoms with van der Waals surface area (Å²) in [6.07, 6.45) is 1.58. The Hall–Kier alpha value is -1.86. The van der Waals surface area contributed by atoms with Gasteiger partial charge in [-0.2, -0.15) is 5.10 Å². The molecule has 132 valence electrons. The quantitative estimate of drug-likeness (QED) is 0.489. The normalized spacial score (nSPS) is 11.0. The summed E-state index contributed by atoms with van der Waals surface area (Å²) >= 11 is 6.76. The highest BCUT2D eigenvalue weighted by Crippen LogP contribution is 2.24. The number of nitrogens with one attached hydrogen (secondary N) is 1. The Morgan fingerprint density at radius 2 is 1.76 bits per heavy atom. The third-order valence-corrected chi connectivity index (χ3v) is 4.10. The van der Waals surface area contributed by atoms with Crippen molar-refractivity contribution in [1.82, 2.24) is 5.43 Å². The minimum atomic E-state index is -0.365. The largest absolute Gasteiger partial charge is 0.496 e. The average Bonchev–Trinajstić information content (AvgIpc) is 2.56. The molecule has 2 aromatic rings. The van der Waals surface area contributed by atoms with Crippen LogP contribution in [0.2, 0.25) is 0 Å². The second-order valence-electron chi connectivity index (χ2n) is 5.39. The van der Waals surface area contributed by atoms with E-state index in [1.54, 1.807) is 24.4 Å². The minimum absolute atomic E-state index is 0.0360. The smallest absolute Gasteiger partial charge is 0.275 e. The first kappa shape index (κ1) is 19.5. The molecule has 2 rings (SSSR count). The van der Waals surface area contributed by atoms with Crippen molar-refractivity contribution in [3.05, 3.63) is 56.5 Å².